The summed E-state index contributed by atoms with van der Waals surface area (Å²) in [5, 5.41) is 8.81. The van der Waals surface area contributed by atoms with Crippen molar-refractivity contribution in [2.24, 2.45) is 5.92 Å². The average molecular weight is 239 g/mol. The Bertz CT molecular complexity index is 231. The van der Waals surface area contributed by atoms with Crippen LogP contribution in [0.2, 0.25) is 0 Å². The number of nitrogens with zero attached hydrogens (tertiary/aromatic N) is 1. The lowest BCUT2D eigenvalue weighted by molar-refractivity contribution is -0.193. The second-order valence-corrected chi connectivity index (χ2v) is 4.54. The first kappa shape index (κ1) is 12.1. The number of fused-ring (bicyclic) bond motifs is 2. The second-order valence-electron chi connectivity index (χ2n) is 4.54. The molecule has 2 rings (SSSR count). The molecular weight excluding hydrogens is 223 g/mol. The maximum absolute atomic E-state index is 12.5. The van der Waals surface area contributed by atoms with E-state index in [-0.39, 0.29) is 18.6 Å². The molecule has 2 saturated heterocycles. The van der Waals surface area contributed by atoms with Crippen LogP contribution in [-0.4, -0.2) is 54.6 Å². The molecule has 0 aromatic heterocycles. The van der Waals surface area contributed by atoms with Crippen LogP contribution < -0.4 is 0 Å². The predicted octanol–water partition coefficient (Wildman–Crippen LogP) is 1.02. The van der Waals surface area contributed by atoms with Crippen molar-refractivity contribution < 1.29 is 23.0 Å². The van der Waals surface area contributed by atoms with Crippen molar-refractivity contribution in [3.8, 4) is 0 Å². The highest BCUT2D eigenvalue weighted by atomic mass is 19.4. The van der Waals surface area contributed by atoms with E-state index in [9.17, 15) is 13.2 Å². The summed E-state index contributed by atoms with van der Waals surface area (Å²) in [5.41, 5.74) is 0. The number of morpholine rings is 1. The van der Waals surface area contributed by atoms with Crippen LogP contribution in [-0.2, 0) is 4.74 Å². The van der Waals surface area contributed by atoms with Gasteiger partial charge in [0, 0.05) is 18.6 Å². The number of hydrogen-bond acceptors (Lipinski definition) is 3. The number of rotatable bonds is 3. The van der Waals surface area contributed by atoms with E-state index >= 15 is 0 Å². The van der Waals surface area contributed by atoms with Crippen LogP contribution >= 0.6 is 0 Å². The molecule has 2 aliphatic rings. The minimum Gasteiger partial charge on any atom is -0.396 e. The fourth-order valence-corrected chi connectivity index (χ4v) is 2.53. The highest BCUT2D eigenvalue weighted by Gasteiger charge is 2.45. The molecule has 0 amide bonds. The van der Waals surface area contributed by atoms with Crippen molar-refractivity contribution in [2.45, 2.75) is 31.1 Å². The zero-order valence-corrected chi connectivity index (χ0v) is 8.91. The summed E-state index contributed by atoms with van der Waals surface area (Å²) in [7, 11) is 0. The van der Waals surface area contributed by atoms with E-state index < -0.39 is 18.7 Å². The van der Waals surface area contributed by atoms with Crippen molar-refractivity contribution >= 4 is 0 Å². The maximum atomic E-state index is 12.5. The molecule has 16 heavy (non-hydrogen) atoms. The lowest BCUT2D eigenvalue weighted by atomic mass is 10.1. The summed E-state index contributed by atoms with van der Waals surface area (Å²) < 4.78 is 42.9. The van der Waals surface area contributed by atoms with E-state index in [2.05, 4.69) is 0 Å². The molecule has 0 aliphatic carbocycles. The predicted molar refractivity (Wildman–Crippen MR) is 51.0 cm³/mol. The first-order valence-electron chi connectivity index (χ1n) is 5.53. The van der Waals surface area contributed by atoms with Gasteiger partial charge in [0.15, 0.2) is 0 Å². The third-order valence-corrected chi connectivity index (χ3v) is 3.51. The van der Waals surface area contributed by atoms with Crippen molar-refractivity contribution in [3.05, 3.63) is 0 Å². The Morgan fingerprint density at radius 3 is 2.25 bits per heavy atom. The van der Waals surface area contributed by atoms with Gasteiger partial charge >= 0.3 is 6.18 Å². The Balaban J connectivity index is 1.98. The molecule has 2 bridgehead atoms. The molecule has 3 nitrogen and oxygen atoms in total. The lowest BCUT2D eigenvalue weighted by Gasteiger charge is -2.36. The Morgan fingerprint density at radius 2 is 1.81 bits per heavy atom. The molecule has 1 N–H and O–H groups in total. The standard InChI is InChI=1S/C10H16F3NO2/c11-10(12,13)7(4-15)3-14-8-1-2-9(14)6-16-5-8/h7-9,15H,1-6H2/t7-,8?,9?/m0/s1. The van der Waals surface area contributed by atoms with Crippen molar-refractivity contribution in [3.63, 3.8) is 0 Å². The molecule has 94 valence electrons. The highest BCUT2D eigenvalue weighted by Crippen LogP contribution is 2.33. The van der Waals surface area contributed by atoms with Gasteiger partial charge in [-0.2, -0.15) is 13.2 Å². The largest absolute Gasteiger partial charge is 0.396 e. The molecule has 3 atom stereocenters. The summed E-state index contributed by atoms with van der Waals surface area (Å²) in [6.07, 6.45) is -2.51. The number of ether oxygens (including phenoxy) is 1. The Hall–Kier alpha value is -0.330. The van der Waals surface area contributed by atoms with Gasteiger partial charge in [0.25, 0.3) is 0 Å². The van der Waals surface area contributed by atoms with E-state index in [0.717, 1.165) is 12.8 Å². The molecule has 0 aromatic carbocycles. The van der Waals surface area contributed by atoms with Crippen LogP contribution in [0.25, 0.3) is 0 Å². The Kier molecular flexibility index (Phi) is 3.42. The molecule has 0 spiro atoms. The summed E-state index contributed by atoms with van der Waals surface area (Å²) in [4.78, 5) is 1.86. The first-order chi connectivity index (χ1) is 7.52. The zero-order valence-electron chi connectivity index (χ0n) is 8.91. The van der Waals surface area contributed by atoms with Gasteiger partial charge in [0.1, 0.15) is 0 Å². The molecule has 2 unspecified atom stereocenters. The molecule has 6 heteroatoms. The summed E-state index contributed by atoms with van der Waals surface area (Å²) in [6, 6.07) is 0.213. The summed E-state index contributed by atoms with van der Waals surface area (Å²) in [6.45, 7) is 0.109. The van der Waals surface area contributed by atoms with Crippen molar-refractivity contribution in [1.82, 2.24) is 4.90 Å². The smallest absolute Gasteiger partial charge is 0.395 e. The van der Waals surface area contributed by atoms with Crippen LogP contribution in [0.4, 0.5) is 13.2 Å². The number of aliphatic hydroxyl groups excluding tert-OH is 1. The number of hydrogen-bond donors (Lipinski definition) is 1. The van der Waals surface area contributed by atoms with Crippen LogP contribution in [0.5, 0.6) is 0 Å². The minimum absolute atomic E-state index is 0.0985. The van der Waals surface area contributed by atoms with Gasteiger partial charge in [-0.3, -0.25) is 4.90 Å². The quantitative estimate of drug-likeness (QED) is 0.798. The summed E-state index contributed by atoms with van der Waals surface area (Å²) in [5.74, 6) is -1.63. The van der Waals surface area contributed by atoms with Gasteiger partial charge in [-0.25, -0.2) is 0 Å². The van der Waals surface area contributed by atoms with Gasteiger partial charge in [-0.05, 0) is 12.8 Å². The van der Waals surface area contributed by atoms with Gasteiger partial charge in [-0.15, -0.1) is 0 Å². The third kappa shape index (κ3) is 2.33. The van der Waals surface area contributed by atoms with E-state index in [1.165, 1.54) is 0 Å². The Labute approximate surface area is 92.2 Å². The normalized spacial score (nSPS) is 33.0. The molecular formula is C10H16F3NO2. The minimum atomic E-state index is -4.31. The van der Waals surface area contributed by atoms with Crippen molar-refractivity contribution in [1.29, 1.82) is 0 Å². The third-order valence-electron chi connectivity index (χ3n) is 3.51. The highest BCUT2D eigenvalue weighted by molar-refractivity contribution is 4.92. The molecule has 2 aliphatic heterocycles. The fourth-order valence-electron chi connectivity index (χ4n) is 2.53. The van der Waals surface area contributed by atoms with Crippen LogP contribution in [0, 0.1) is 5.92 Å². The van der Waals surface area contributed by atoms with Gasteiger partial charge in [-0.1, -0.05) is 0 Å². The Morgan fingerprint density at radius 1 is 1.25 bits per heavy atom. The van der Waals surface area contributed by atoms with Crippen LogP contribution in [0.3, 0.4) is 0 Å². The van der Waals surface area contributed by atoms with Gasteiger partial charge in [0.2, 0.25) is 0 Å². The van der Waals surface area contributed by atoms with E-state index in [4.69, 9.17) is 9.84 Å². The second kappa shape index (κ2) is 4.50. The molecule has 0 aromatic rings. The topological polar surface area (TPSA) is 32.7 Å². The molecule has 2 heterocycles. The number of alkyl halides is 3. The van der Waals surface area contributed by atoms with Gasteiger partial charge in [0.05, 0.1) is 25.7 Å². The van der Waals surface area contributed by atoms with E-state index in [1.54, 1.807) is 0 Å². The average Bonchev–Trinajstić information content (AvgIpc) is 2.45. The lowest BCUT2D eigenvalue weighted by Crippen LogP contribution is -2.50. The fraction of sp³-hybridized carbons (Fsp3) is 1.00. The first-order valence-corrected chi connectivity index (χ1v) is 5.53. The number of halogens is 3. The van der Waals surface area contributed by atoms with Gasteiger partial charge < -0.3 is 9.84 Å². The molecule has 0 saturated carbocycles. The van der Waals surface area contributed by atoms with E-state index in [1.807, 2.05) is 4.90 Å². The maximum Gasteiger partial charge on any atom is 0.395 e. The zero-order chi connectivity index (χ0) is 11.8. The van der Waals surface area contributed by atoms with E-state index in [0.29, 0.717) is 13.2 Å². The monoisotopic (exact) mass is 239 g/mol. The van der Waals surface area contributed by atoms with Crippen LogP contribution in [0.15, 0.2) is 0 Å². The molecule has 0 radical (unpaired) electrons. The SMILES string of the molecule is OC[C@H](CN1C2CCC1COC2)C(F)(F)F. The van der Waals surface area contributed by atoms with Crippen molar-refractivity contribution in [2.75, 3.05) is 26.4 Å². The van der Waals surface area contributed by atoms with Crippen LogP contribution in [0.1, 0.15) is 12.8 Å². The number of aliphatic hydroxyl groups is 1. The molecule has 2 fully saturated rings. The summed E-state index contributed by atoms with van der Waals surface area (Å²) >= 11 is 0.